The fourth-order valence-electron chi connectivity index (χ4n) is 2.17. The SMILES string of the molecule is C/N=C(/N)O[C@H](CF)[C@H](F)c1cc(NC(=O)c2cnc(C(F)F)cn2)ccc1F. The molecular formula is C17H16F5N5O2. The highest BCUT2D eigenvalue weighted by atomic mass is 19.3. The first-order valence-electron chi connectivity index (χ1n) is 8.06. The monoisotopic (exact) mass is 417 g/mol. The number of aliphatic imine (C=N–C) groups is 1. The van der Waals surface area contributed by atoms with Gasteiger partial charge in [0.2, 0.25) is 0 Å². The molecule has 0 aliphatic carbocycles. The van der Waals surface area contributed by atoms with E-state index >= 15 is 0 Å². The number of nitrogens with one attached hydrogen (secondary N) is 1. The number of amidine groups is 1. The van der Waals surface area contributed by atoms with Gasteiger partial charge >= 0.3 is 0 Å². The highest BCUT2D eigenvalue weighted by molar-refractivity contribution is 6.02. The van der Waals surface area contributed by atoms with Gasteiger partial charge in [0.15, 0.2) is 12.3 Å². The van der Waals surface area contributed by atoms with E-state index in [-0.39, 0.29) is 11.4 Å². The van der Waals surface area contributed by atoms with Crippen LogP contribution < -0.4 is 11.1 Å². The van der Waals surface area contributed by atoms with Crippen molar-refractivity contribution in [1.82, 2.24) is 9.97 Å². The minimum absolute atomic E-state index is 0.0523. The predicted molar refractivity (Wildman–Crippen MR) is 93.6 cm³/mol. The lowest BCUT2D eigenvalue weighted by Gasteiger charge is -2.20. The summed E-state index contributed by atoms with van der Waals surface area (Å²) in [5.74, 6) is -1.86. The van der Waals surface area contributed by atoms with E-state index in [0.29, 0.717) is 0 Å². The predicted octanol–water partition coefficient (Wildman–Crippen LogP) is 3.12. The Kier molecular flexibility index (Phi) is 7.39. The lowest BCUT2D eigenvalue weighted by Crippen LogP contribution is -2.30. The van der Waals surface area contributed by atoms with Gasteiger partial charge in [0.25, 0.3) is 18.4 Å². The van der Waals surface area contributed by atoms with Crippen LogP contribution in [0.2, 0.25) is 0 Å². The third kappa shape index (κ3) is 5.59. The van der Waals surface area contributed by atoms with Crippen LogP contribution in [0.4, 0.5) is 27.6 Å². The Morgan fingerprint density at radius 2 is 2.00 bits per heavy atom. The van der Waals surface area contributed by atoms with Gasteiger partial charge in [0, 0.05) is 18.3 Å². The quantitative estimate of drug-likeness (QED) is 0.409. The molecule has 0 radical (unpaired) electrons. The minimum Gasteiger partial charge on any atom is -0.456 e. The average Bonchev–Trinajstić information content (AvgIpc) is 2.72. The number of nitrogens with two attached hydrogens (primary N) is 1. The molecule has 1 aromatic carbocycles. The van der Waals surface area contributed by atoms with E-state index in [1.165, 1.54) is 7.05 Å². The van der Waals surface area contributed by atoms with E-state index in [4.69, 9.17) is 10.5 Å². The van der Waals surface area contributed by atoms with E-state index in [2.05, 4.69) is 20.3 Å². The summed E-state index contributed by atoms with van der Waals surface area (Å²) in [6.45, 7) is -1.32. The lowest BCUT2D eigenvalue weighted by atomic mass is 10.0. The number of amides is 1. The van der Waals surface area contributed by atoms with E-state index in [1.807, 2.05) is 0 Å². The molecule has 0 saturated heterocycles. The van der Waals surface area contributed by atoms with Crippen LogP contribution in [0.3, 0.4) is 0 Å². The van der Waals surface area contributed by atoms with Crippen LogP contribution in [0.15, 0.2) is 35.6 Å². The third-order valence-electron chi connectivity index (χ3n) is 3.65. The van der Waals surface area contributed by atoms with Gasteiger partial charge in [-0.15, -0.1) is 0 Å². The van der Waals surface area contributed by atoms with Gasteiger partial charge in [-0.2, -0.15) is 0 Å². The molecule has 0 saturated carbocycles. The molecule has 3 N–H and O–H groups in total. The van der Waals surface area contributed by atoms with E-state index < -0.39 is 54.4 Å². The number of alkyl halides is 4. The second kappa shape index (κ2) is 9.75. The van der Waals surface area contributed by atoms with Crippen LogP contribution in [0.25, 0.3) is 0 Å². The van der Waals surface area contributed by atoms with Gasteiger partial charge in [-0.3, -0.25) is 9.78 Å². The molecule has 0 aliphatic heterocycles. The second-order valence-corrected chi connectivity index (χ2v) is 5.59. The van der Waals surface area contributed by atoms with E-state index in [1.54, 1.807) is 0 Å². The van der Waals surface area contributed by atoms with Crippen molar-refractivity contribution in [2.75, 3.05) is 19.0 Å². The lowest BCUT2D eigenvalue weighted by molar-refractivity contribution is 0.0632. The van der Waals surface area contributed by atoms with Gasteiger partial charge < -0.3 is 15.8 Å². The van der Waals surface area contributed by atoms with Gasteiger partial charge in [-0.1, -0.05) is 0 Å². The molecule has 7 nitrogen and oxygen atoms in total. The maximum Gasteiger partial charge on any atom is 0.282 e. The van der Waals surface area contributed by atoms with Crippen LogP contribution in [0, 0.1) is 5.82 Å². The number of carbonyl (C=O) groups is 1. The van der Waals surface area contributed by atoms with E-state index in [0.717, 1.165) is 30.6 Å². The van der Waals surface area contributed by atoms with Crippen molar-refractivity contribution in [1.29, 1.82) is 0 Å². The zero-order chi connectivity index (χ0) is 21.6. The first-order valence-corrected chi connectivity index (χ1v) is 8.06. The molecule has 1 aromatic heterocycles. The molecular weight excluding hydrogens is 401 g/mol. The number of carbonyl (C=O) groups excluding carboxylic acids is 1. The number of benzene rings is 1. The van der Waals surface area contributed by atoms with E-state index in [9.17, 15) is 26.7 Å². The zero-order valence-corrected chi connectivity index (χ0v) is 15.0. The summed E-state index contributed by atoms with van der Waals surface area (Å²) in [5, 5.41) is 2.29. The molecule has 0 fully saturated rings. The summed E-state index contributed by atoms with van der Waals surface area (Å²) in [6.07, 6.45) is -5.30. The van der Waals surface area contributed by atoms with Crippen LogP contribution in [-0.4, -0.2) is 41.7 Å². The van der Waals surface area contributed by atoms with Gasteiger partial charge in [-0.05, 0) is 18.2 Å². The number of anilines is 1. The average molecular weight is 417 g/mol. The number of nitrogens with zero attached hydrogens (tertiary/aromatic N) is 3. The van der Waals surface area contributed by atoms with Crippen LogP contribution in [-0.2, 0) is 4.74 Å². The van der Waals surface area contributed by atoms with Crippen LogP contribution >= 0.6 is 0 Å². The Balaban J connectivity index is 2.20. The summed E-state index contributed by atoms with van der Waals surface area (Å²) in [7, 11) is 1.24. The van der Waals surface area contributed by atoms with Crippen LogP contribution in [0.5, 0.6) is 0 Å². The fraction of sp³-hybridized carbons (Fsp3) is 0.294. The Morgan fingerprint density at radius 3 is 2.55 bits per heavy atom. The maximum absolute atomic E-state index is 14.6. The largest absolute Gasteiger partial charge is 0.456 e. The Bertz CT molecular complexity index is 879. The second-order valence-electron chi connectivity index (χ2n) is 5.59. The molecule has 1 heterocycles. The number of hydrogen-bond donors (Lipinski definition) is 2. The Morgan fingerprint density at radius 1 is 1.28 bits per heavy atom. The van der Waals surface area contributed by atoms with Crippen molar-refractivity contribution in [3.63, 3.8) is 0 Å². The molecule has 2 aromatic rings. The molecule has 1 amide bonds. The molecule has 0 unspecified atom stereocenters. The van der Waals surface area contributed by atoms with Crippen molar-refractivity contribution in [2.45, 2.75) is 18.7 Å². The molecule has 29 heavy (non-hydrogen) atoms. The van der Waals surface area contributed by atoms with Gasteiger partial charge in [0.1, 0.15) is 23.9 Å². The number of aromatic nitrogens is 2. The topological polar surface area (TPSA) is 102 Å². The molecule has 2 rings (SSSR count). The normalized spacial score (nSPS) is 13.8. The standard InChI is InChI=1S/C17H16F5N5O2/c1-24-17(23)29-13(5-18)14(20)9-4-8(2-3-10(9)19)27-16(28)12-7-25-11(6-26-12)15(21)22/h2-4,6-7,13-15H,5H2,1H3,(H2,23,24)(H,27,28)/t13-,14-/m1/s1. The number of halogens is 5. The summed E-state index contributed by atoms with van der Waals surface area (Å²) >= 11 is 0. The van der Waals surface area contributed by atoms with Gasteiger partial charge in [0.05, 0.1) is 12.4 Å². The first kappa shape index (κ1) is 22.0. The highest BCUT2D eigenvalue weighted by Crippen LogP contribution is 2.29. The number of ether oxygens (including phenoxy) is 1. The van der Waals surface area contributed by atoms with Crippen molar-refractivity contribution in [3.05, 3.63) is 53.4 Å². The fourth-order valence-corrected chi connectivity index (χ4v) is 2.17. The first-order chi connectivity index (χ1) is 13.8. The smallest absolute Gasteiger partial charge is 0.282 e. The third-order valence-corrected chi connectivity index (χ3v) is 3.65. The summed E-state index contributed by atoms with van der Waals surface area (Å²) in [6, 6.07) is 2.43. The molecule has 0 bridgehead atoms. The molecule has 0 aliphatic rings. The summed E-state index contributed by atoms with van der Waals surface area (Å²) in [5.41, 5.74) is 3.72. The van der Waals surface area contributed by atoms with Crippen molar-refractivity contribution >= 4 is 17.6 Å². The molecule has 0 spiro atoms. The summed E-state index contributed by atoms with van der Waals surface area (Å²) < 4.78 is 71.5. The Hall–Kier alpha value is -3.31. The van der Waals surface area contributed by atoms with Crippen molar-refractivity contribution in [3.8, 4) is 0 Å². The highest BCUT2D eigenvalue weighted by Gasteiger charge is 2.28. The number of hydrogen-bond acceptors (Lipinski definition) is 5. The van der Waals surface area contributed by atoms with Crippen molar-refractivity contribution < 1.29 is 31.5 Å². The van der Waals surface area contributed by atoms with Gasteiger partial charge in [-0.25, -0.2) is 31.9 Å². The van der Waals surface area contributed by atoms with Crippen LogP contribution in [0.1, 0.15) is 34.3 Å². The zero-order valence-electron chi connectivity index (χ0n) is 15.0. The maximum atomic E-state index is 14.6. The Labute approximate surface area is 161 Å². The molecule has 12 heteroatoms. The number of rotatable bonds is 7. The molecule has 2 atom stereocenters. The summed E-state index contributed by atoms with van der Waals surface area (Å²) in [4.78, 5) is 22.5. The minimum atomic E-state index is -2.85. The molecule has 156 valence electrons. The van der Waals surface area contributed by atoms with Crippen molar-refractivity contribution in [2.24, 2.45) is 10.7 Å².